The molecule has 2 aromatic rings. The molecule has 0 saturated heterocycles. The Hall–Kier alpha value is -3.00. The minimum atomic E-state index is -1.72. The van der Waals surface area contributed by atoms with Gasteiger partial charge in [0.2, 0.25) is 17.7 Å². The molecule has 0 spiro atoms. The predicted molar refractivity (Wildman–Crippen MR) is 141 cm³/mol. The van der Waals surface area contributed by atoms with E-state index in [0.29, 0.717) is 11.4 Å². The molecular weight excluding hydrogens is 462 g/mol. The van der Waals surface area contributed by atoms with Crippen molar-refractivity contribution in [3.8, 4) is 0 Å². The molecular formula is C27H35N3O4S. The molecule has 35 heavy (non-hydrogen) atoms. The summed E-state index contributed by atoms with van der Waals surface area (Å²) in [6, 6.07) is 13.1. The van der Waals surface area contributed by atoms with Crippen molar-refractivity contribution >= 4 is 39.9 Å². The quantitative estimate of drug-likeness (QED) is 0.551. The number of benzene rings is 2. The van der Waals surface area contributed by atoms with Crippen LogP contribution in [0, 0.1) is 20.8 Å². The van der Waals surface area contributed by atoms with Crippen LogP contribution in [0.4, 0.5) is 11.4 Å². The fraction of sp³-hybridized carbons (Fsp3) is 0.444. The number of carbonyl (C=O) groups excluding carboxylic acids is 3. The highest BCUT2D eigenvalue weighted by atomic mass is 32.2. The van der Waals surface area contributed by atoms with E-state index in [1.165, 1.54) is 11.3 Å². The van der Waals surface area contributed by atoms with Crippen LogP contribution in [0.1, 0.15) is 48.8 Å². The van der Waals surface area contributed by atoms with Crippen LogP contribution in [0.5, 0.6) is 0 Å². The van der Waals surface area contributed by atoms with Crippen LogP contribution in [0.15, 0.2) is 42.5 Å². The Morgan fingerprint density at radius 1 is 0.886 bits per heavy atom. The molecule has 8 heteroatoms. The lowest BCUT2D eigenvalue weighted by Gasteiger charge is -2.27. The second kappa shape index (κ2) is 12.6. The Kier molecular flexibility index (Phi) is 9.60. The smallest absolute Gasteiger partial charge is 0.240 e. The van der Waals surface area contributed by atoms with E-state index >= 15 is 0 Å². The largest absolute Gasteiger partial charge is 0.352 e. The van der Waals surface area contributed by atoms with E-state index in [-0.39, 0.29) is 30.0 Å². The van der Waals surface area contributed by atoms with Gasteiger partial charge >= 0.3 is 0 Å². The first-order valence-corrected chi connectivity index (χ1v) is 13.6. The molecule has 1 aliphatic carbocycles. The molecule has 7 nitrogen and oxygen atoms in total. The zero-order chi connectivity index (χ0) is 25.4. The van der Waals surface area contributed by atoms with Crippen LogP contribution in [-0.2, 0) is 25.2 Å². The summed E-state index contributed by atoms with van der Waals surface area (Å²) in [5.74, 6) is -1.73. The molecule has 188 valence electrons. The Labute approximate surface area is 210 Å². The minimum absolute atomic E-state index is 0.131. The molecule has 1 fully saturated rings. The number of aryl methyl sites for hydroxylation is 3. The monoisotopic (exact) mass is 497 g/mol. The number of amides is 3. The molecule has 2 N–H and O–H groups in total. The normalized spacial score (nSPS) is 14.7. The lowest BCUT2D eigenvalue weighted by atomic mass is 9.95. The van der Waals surface area contributed by atoms with Gasteiger partial charge < -0.3 is 15.5 Å². The van der Waals surface area contributed by atoms with Crippen molar-refractivity contribution in [2.75, 3.05) is 28.3 Å². The number of nitrogens with one attached hydrogen (secondary N) is 2. The third kappa shape index (κ3) is 8.31. The Balaban J connectivity index is 1.66. The summed E-state index contributed by atoms with van der Waals surface area (Å²) >= 11 is 0. The highest BCUT2D eigenvalue weighted by molar-refractivity contribution is 7.86. The maximum absolute atomic E-state index is 13.2. The van der Waals surface area contributed by atoms with Crippen LogP contribution in [0.3, 0.4) is 0 Å². The molecule has 3 amide bonds. The molecule has 3 rings (SSSR count). The van der Waals surface area contributed by atoms with Crippen LogP contribution in [-0.4, -0.2) is 46.0 Å². The summed E-state index contributed by atoms with van der Waals surface area (Å²) in [7, 11) is -1.72. The standard InChI is InChI=1S/C27H35N3O4S/c1-19-10-13-23(14-11-19)29-26(32)17-35(34)18-27(33)30(24-15-20(2)9-12-21(24)3)16-25(31)28-22-7-5-4-6-8-22/h9-15,22H,4-8,16-18H2,1-3H3,(H,28,31)(H,29,32)/t35-/m0/s1. The third-order valence-electron chi connectivity index (χ3n) is 6.14. The fourth-order valence-electron chi connectivity index (χ4n) is 4.23. The predicted octanol–water partition coefficient (Wildman–Crippen LogP) is 3.78. The van der Waals surface area contributed by atoms with Crippen molar-refractivity contribution in [1.82, 2.24) is 5.32 Å². The lowest BCUT2D eigenvalue weighted by Crippen LogP contribution is -2.46. The van der Waals surface area contributed by atoms with E-state index in [0.717, 1.165) is 42.4 Å². The average molecular weight is 498 g/mol. The maximum Gasteiger partial charge on any atom is 0.240 e. The summed E-state index contributed by atoms with van der Waals surface area (Å²) in [5, 5.41) is 5.76. The van der Waals surface area contributed by atoms with Gasteiger partial charge in [0.25, 0.3) is 0 Å². The molecule has 0 unspecified atom stereocenters. The van der Waals surface area contributed by atoms with Gasteiger partial charge in [-0.05, 0) is 62.9 Å². The maximum atomic E-state index is 13.2. The van der Waals surface area contributed by atoms with Gasteiger partial charge in [-0.2, -0.15) is 0 Å². The van der Waals surface area contributed by atoms with Gasteiger partial charge in [-0.15, -0.1) is 0 Å². The van der Waals surface area contributed by atoms with E-state index in [9.17, 15) is 18.6 Å². The molecule has 1 aliphatic rings. The van der Waals surface area contributed by atoms with Gasteiger partial charge in [0.15, 0.2) is 0 Å². The highest BCUT2D eigenvalue weighted by Gasteiger charge is 2.25. The molecule has 1 saturated carbocycles. The first-order chi connectivity index (χ1) is 16.7. The summed E-state index contributed by atoms with van der Waals surface area (Å²) in [5.41, 5.74) is 4.10. The topological polar surface area (TPSA) is 95.6 Å². The molecule has 0 heterocycles. The summed E-state index contributed by atoms with van der Waals surface area (Å²) in [6.45, 7) is 5.59. The van der Waals surface area contributed by atoms with Crippen molar-refractivity contribution in [2.45, 2.75) is 58.9 Å². The van der Waals surface area contributed by atoms with Crippen molar-refractivity contribution in [1.29, 1.82) is 0 Å². The zero-order valence-corrected chi connectivity index (χ0v) is 21.6. The number of carbonyl (C=O) groups is 3. The number of hydrogen-bond donors (Lipinski definition) is 2. The molecule has 0 radical (unpaired) electrons. The first kappa shape index (κ1) is 26.6. The second-order valence-corrected chi connectivity index (χ2v) is 10.8. The highest BCUT2D eigenvalue weighted by Crippen LogP contribution is 2.23. The van der Waals surface area contributed by atoms with Crippen LogP contribution in [0.25, 0.3) is 0 Å². The summed E-state index contributed by atoms with van der Waals surface area (Å²) < 4.78 is 12.7. The molecule has 0 aliphatic heterocycles. The van der Waals surface area contributed by atoms with E-state index in [1.54, 1.807) is 12.1 Å². The van der Waals surface area contributed by atoms with Crippen LogP contribution in [0.2, 0.25) is 0 Å². The lowest BCUT2D eigenvalue weighted by molar-refractivity contribution is -0.123. The van der Waals surface area contributed by atoms with E-state index in [2.05, 4.69) is 10.6 Å². The van der Waals surface area contributed by atoms with Gasteiger partial charge in [-0.3, -0.25) is 18.6 Å². The van der Waals surface area contributed by atoms with Gasteiger partial charge in [0.1, 0.15) is 18.1 Å². The first-order valence-electron chi connectivity index (χ1n) is 12.1. The van der Waals surface area contributed by atoms with Gasteiger partial charge in [-0.25, -0.2) is 0 Å². The van der Waals surface area contributed by atoms with Crippen LogP contribution < -0.4 is 15.5 Å². The Morgan fingerprint density at radius 2 is 1.54 bits per heavy atom. The van der Waals surface area contributed by atoms with Crippen molar-refractivity contribution in [3.63, 3.8) is 0 Å². The van der Waals surface area contributed by atoms with E-state index in [4.69, 9.17) is 0 Å². The van der Waals surface area contributed by atoms with Gasteiger partial charge in [0.05, 0.1) is 0 Å². The van der Waals surface area contributed by atoms with Crippen molar-refractivity contribution in [3.05, 3.63) is 59.2 Å². The Bertz CT molecular complexity index is 1080. The third-order valence-corrected chi connectivity index (χ3v) is 7.29. The van der Waals surface area contributed by atoms with Crippen molar-refractivity contribution in [2.24, 2.45) is 0 Å². The Morgan fingerprint density at radius 3 is 2.23 bits per heavy atom. The molecule has 2 aromatic carbocycles. The fourth-order valence-corrected chi connectivity index (χ4v) is 5.13. The zero-order valence-electron chi connectivity index (χ0n) is 20.8. The molecule has 0 bridgehead atoms. The van der Waals surface area contributed by atoms with E-state index < -0.39 is 22.6 Å². The van der Waals surface area contributed by atoms with Gasteiger partial charge in [-0.1, -0.05) is 49.1 Å². The SMILES string of the molecule is Cc1ccc(NC(=O)C[S@](=O)CC(=O)N(CC(=O)NC2CCCCC2)c2cc(C)ccc2C)cc1. The number of hydrogen-bond acceptors (Lipinski definition) is 4. The number of nitrogens with zero attached hydrogens (tertiary/aromatic N) is 1. The number of rotatable bonds is 9. The second-order valence-electron chi connectivity index (χ2n) is 9.31. The summed E-state index contributed by atoms with van der Waals surface area (Å²) in [6.07, 6.45) is 5.26. The number of anilines is 2. The van der Waals surface area contributed by atoms with E-state index in [1.807, 2.05) is 51.1 Å². The van der Waals surface area contributed by atoms with Gasteiger partial charge in [0, 0.05) is 28.2 Å². The molecule has 0 aromatic heterocycles. The molecule has 1 atom stereocenters. The van der Waals surface area contributed by atoms with Crippen LogP contribution >= 0.6 is 0 Å². The summed E-state index contributed by atoms with van der Waals surface area (Å²) in [4.78, 5) is 39.8. The minimum Gasteiger partial charge on any atom is -0.352 e. The average Bonchev–Trinajstić information content (AvgIpc) is 2.81. The van der Waals surface area contributed by atoms with Crippen molar-refractivity contribution < 1.29 is 18.6 Å².